The molecule has 1 aliphatic rings. The molecule has 0 spiro atoms. The Kier molecular flexibility index (Phi) is 2.00. The van der Waals surface area contributed by atoms with Crippen LogP contribution in [-0.4, -0.2) is 14.5 Å². The highest BCUT2D eigenvalue weighted by molar-refractivity contribution is 5.80. The lowest BCUT2D eigenvalue weighted by molar-refractivity contribution is -0.637. The zero-order valence-electron chi connectivity index (χ0n) is 11.2. The highest BCUT2D eigenvalue weighted by Gasteiger charge is 2.28. The summed E-state index contributed by atoms with van der Waals surface area (Å²) < 4.78 is 3.60. The van der Waals surface area contributed by atoms with Gasteiger partial charge in [-0.3, -0.25) is 9.78 Å². The number of rotatable bonds is 0. The Hall–Kier alpha value is -2.50. The molecule has 0 bridgehead atoms. The van der Waals surface area contributed by atoms with Crippen LogP contribution in [0.25, 0.3) is 22.2 Å². The van der Waals surface area contributed by atoms with Gasteiger partial charge in [-0.1, -0.05) is 0 Å². The normalized spacial score (nSPS) is 13.5. The molecule has 100 valence electrons. The topological polar surface area (TPSA) is 71.6 Å². The lowest BCUT2D eigenvalue weighted by atomic mass is 10.1. The predicted molar refractivity (Wildman–Crippen MR) is 73.8 cm³/mol. The molecule has 4 rings (SSSR count). The molecule has 0 saturated carbocycles. The van der Waals surface area contributed by atoms with Gasteiger partial charge in [0.2, 0.25) is 5.52 Å². The summed E-state index contributed by atoms with van der Waals surface area (Å²) in [5, 5.41) is 0. The van der Waals surface area contributed by atoms with E-state index < -0.39 is 5.56 Å². The fraction of sp³-hybridized carbons (Fsp3) is 0.286. The number of aromatic amines is 1. The van der Waals surface area contributed by atoms with E-state index in [9.17, 15) is 9.59 Å². The van der Waals surface area contributed by atoms with Crippen molar-refractivity contribution in [2.75, 3.05) is 0 Å². The van der Waals surface area contributed by atoms with E-state index in [1.807, 2.05) is 24.5 Å². The molecule has 6 nitrogen and oxygen atoms in total. The molecule has 20 heavy (non-hydrogen) atoms. The Labute approximate surface area is 113 Å². The second kappa shape index (κ2) is 3.53. The van der Waals surface area contributed by atoms with E-state index >= 15 is 0 Å². The number of nitrogens with one attached hydrogen (secondary N) is 1. The molecule has 0 fully saturated rings. The Balaban J connectivity index is 2.35. The van der Waals surface area contributed by atoms with Crippen molar-refractivity contribution < 1.29 is 4.57 Å². The summed E-state index contributed by atoms with van der Waals surface area (Å²) >= 11 is 0. The molecule has 3 aromatic rings. The Morgan fingerprint density at radius 1 is 1.25 bits per heavy atom. The molecule has 0 radical (unpaired) electrons. The summed E-state index contributed by atoms with van der Waals surface area (Å²) in [6.07, 6.45) is 0. The molecule has 6 heteroatoms. The number of aryl methyl sites for hydroxylation is 4. The van der Waals surface area contributed by atoms with Gasteiger partial charge in [0.15, 0.2) is 5.52 Å². The first-order chi connectivity index (χ1) is 9.56. The average molecular weight is 269 g/mol. The number of H-pyrrole nitrogens is 1. The van der Waals surface area contributed by atoms with Crippen molar-refractivity contribution >= 4 is 22.2 Å². The smallest absolute Gasteiger partial charge is 0.267 e. The van der Waals surface area contributed by atoms with Crippen molar-refractivity contribution in [2.24, 2.45) is 0 Å². The third-order valence-corrected chi connectivity index (χ3v) is 4.06. The van der Waals surface area contributed by atoms with Crippen LogP contribution in [0.1, 0.15) is 11.1 Å². The zero-order chi connectivity index (χ0) is 14.0. The van der Waals surface area contributed by atoms with E-state index in [1.165, 1.54) is 5.56 Å². The van der Waals surface area contributed by atoms with Gasteiger partial charge in [0, 0.05) is 0 Å². The first kappa shape index (κ1) is 11.3. The van der Waals surface area contributed by atoms with Crippen molar-refractivity contribution in [3.05, 3.63) is 44.1 Å². The highest BCUT2D eigenvalue weighted by atomic mass is 16.2. The van der Waals surface area contributed by atoms with Gasteiger partial charge in [0.1, 0.15) is 18.6 Å². The van der Waals surface area contributed by atoms with Gasteiger partial charge in [-0.15, -0.1) is 0 Å². The van der Waals surface area contributed by atoms with Crippen LogP contribution < -0.4 is 15.8 Å². The molecule has 0 aliphatic carbocycles. The summed E-state index contributed by atoms with van der Waals surface area (Å²) in [6.45, 7) is 5.33. The third kappa shape index (κ3) is 1.28. The molecular formula is C14H13N4O2+. The summed E-state index contributed by atoms with van der Waals surface area (Å²) in [5.74, 6) is 0. The number of hydrogen-bond acceptors (Lipinski definition) is 3. The first-order valence-corrected chi connectivity index (χ1v) is 6.54. The summed E-state index contributed by atoms with van der Waals surface area (Å²) in [5.41, 5.74) is 4.24. The van der Waals surface area contributed by atoms with E-state index in [-0.39, 0.29) is 5.69 Å². The van der Waals surface area contributed by atoms with Crippen LogP contribution in [0.4, 0.5) is 0 Å². The Morgan fingerprint density at radius 3 is 2.80 bits per heavy atom. The van der Waals surface area contributed by atoms with Crippen LogP contribution in [0, 0.1) is 13.8 Å². The fourth-order valence-corrected chi connectivity index (χ4v) is 2.88. The van der Waals surface area contributed by atoms with Gasteiger partial charge in [-0.2, -0.15) is 4.57 Å². The van der Waals surface area contributed by atoms with Crippen LogP contribution in [-0.2, 0) is 13.1 Å². The second-order valence-electron chi connectivity index (χ2n) is 5.27. The minimum absolute atomic E-state index is 0.331. The SMILES string of the molecule is Cc1cc2nc3c(=O)[nH]c(=O)n4c3[n+](c2cc1C)CC4. The quantitative estimate of drug-likeness (QED) is 0.466. The van der Waals surface area contributed by atoms with Gasteiger partial charge < -0.3 is 0 Å². The maximum Gasteiger partial charge on any atom is 0.416 e. The van der Waals surface area contributed by atoms with Gasteiger partial charge in [-0.25, -0.2) is 14.3 Å². The maximum absolute atomic E-state index is 12.0. The van der Waals surface area contributed by atoms with Crippen LogP contribution in [0.15, 0.2) is 21.7 Å². The monoisotopic (exact) mass is 269 g/mol. The second-order valence-corrected chi connectivity index (χ2v) is 5.27. The Morgan fingerprint density at radius 2 is 2.00 bits per heavy atom. The first-order valence-electron chi connectivity index (χ1n) is 6.54. The fourth-order valence-electron chi connectivity index (χ4n) is 2.88. The highest BCUT2D eigenvalue weighted by Crippen LogP contribution is 2.18. The molecule has 0 saturated heterocycles. The summed E-state index contributed by atoms with van der Waals surface area (Å²) in [7, 11) is 0. The van der Waals surface area contributed by atoms with Crippen molar-refractivity contribution in [1.82, 2.24) is 14.5 Å². The predicted octanol–water partition coefficient (Wildman–Crippen LogP) is 0.156. The Bertz CT molecular complexity index is 1010. The van der Waals surface area contributed by atoms with Gasteiger partial charge >= 0.3 is 11.3 Å². The van der Waals surface area contributed by atoms with Gasteiger partial charge in [-0.05, 0) is 37.1 Å². The minimum atomic E-state index is -0.419. The molecule has 1 aromatic carbocycles. The molecule has 1 N–H and O–H groups in total. The van der Waals surface area contributed by atoms with Crippen LogP contribution in [0.2, 0.25) is 0 Å². The lowest BCUT2D eigenvalue weighted by Crippen LogP contribution is -2.36. The number of nitrogens with zero attached hydrogens (tertiary/aromatic N) is 3. The van der Waals surface area contributed by atoms with Crippen molar-refractivity contribution in [3.8, 4) is 0 Å². The molecule has 1 aliphatic heterocycles. The standard InChI is InChI=1S/C14H12N4O2/c1-7-5-9-10(6-8(7)2)17-3-4-18-13(17)11(15-9)12(19)16-14(18)20/h5-6H,3-4H2,1-2H3/p+1. The van der Waals surface area contributed by atoms with E-state index in [0.29, 0.717) is 24.3 Å². The number of hydrogen-bond donors (Lipinski definition) is 1. The minimum Gasteiger partial charge on any atom is -0.267 e. The van der Waals surface area contributed by atoms with E-state index in [4.69, 9.17) is 0 Å². The summed E-state index contributed by atoms with van der Waals surface area (Å²) in [6, 6.07) is 4.05. The van der Waals surface area contributed by atoms with Crippen LogP contribution in [0.3, 0.4) is 0 Å². The molecule has 0 unspecified atom stereocenters. The maximum atomic E-state index is 12.0. The lowest BCUT2D eigenvalue weighted by Gasteiger charge is -2.05. The largest absolute Gasteiger partial charge is 0.416 e. The van der Waals surface area contributed by atoms with Crippen LogP contribution in [0.5, 0.6) is 0 Å². The zero-order valence-corrected chi connectivity index (χ0v) is 11.2. The molecular weight excluding hydrogens is 256 g/mol. The van der Waals surface area contributed by atoms with E-state index in [0.717, 1.165) is 16.6 Å². The van der Waals surface area contributed by atoms with E-state index in [2.05, 4.69) is 16.0 Å². The number of fused-ring (bicyclic) bond motifs is 2. The summed E-state index contributed by atoms with van der Waals surface area (Å²) in [4.78, 5) is 30.6. The van der Waals surface area contributed by atoms with Gasteiger partial charge in [0.25, 0.3) is 5.56 Å². The molecule has 0 atom stereocenters. The third-order valence-electron chi connectivity index (χ3n) is 4.06. The van der Waals surface area contributed by atoms with Gasteiger partial charge in [0.05, 0.1) is 0 Å². The molecule has 2 aromatic heterocycles. The van der Waals surface area contributed by atoms with Crippen molar-refractivity contribution in [2.45, 2.75) is 26.9 Å². The molecule has 0 amide bonds. The average Bonchev–Trinajstić information content (AvgIpc) is 2.83. The number of benzene rings is 1. The van der Waals surface area contributed by atoms with E-state index in [1.54, 1.807) is 4.57 Å². The number of aromatic nitrogens is 4. The van der Waals surface area contributed by atoms with Crippen molar-refractivity contribution in [3.63, 3.8) is 0 Å². The van der Waals surface area contributed by atoms with Crippen LogP contribution >= 0.6 is 0 Å². The molecule has 3 heterocycles. The van der Waals surface area contributed by atoms with Crippen molar-refractivity contribution in [1.29, 1.82) is 0 Å².